The van der Waals surface area contributed by atoms with Crippen LogP contribution in [0.15, 0.2) is 18.2 Å². The Balaban J connectivity index is 2.92. The van der Waals surface area contributed by atoms with Gasteiger partial charge in [0.15, 0.2) is 0 Å². The fourth-order valence-electron chi connectivity index (χ4n) is 2.44. The van der Waals surface area contributed by atoms with Crippen LogP contribution in [0.3, 0.4) is 0 Å². The van der Waals surface area contributed by atoms with Gasteiger partial charge in [-0.05, 0) is 47.6 Å². The second kappa shape index (κ2) is 7.68. The number of ether oxygens (including phenoxy) is 1. The lowest BCUT2D eigenvalue weighted by atomic mass is 10.0. The molecule has 1 atom stereocenters. The molecule has 5 nitrogen and oxygen atoms in total. The molecule has 0 aliphatic rings. The number of hydrogen-bond donors (Lipinski definition) is 2. The Bertz CT molecular complexity index is 536. The molecule has 2 N–H and O–H groups in total. The van der Waals surface area contributed by atoms with Crippen LogP contribution in [0.2, 0.25) is 0 Å². The zero-order valence-electron chi connectivity index (χ0n) is 15.3. The number of benzene rings is 1. The Morgan fingerprint density at radius 2 is 1.96 bits per heavy atom. The van der Waals surface area contributed by atoms with E-state index in [-0.39, 0.29) is 24.7 Å². The minimum Gasteiger partial charge on any atom is -0.496 e. The molecule has 0 heterocycles. The number of urea groups is 1. The highest BCUT2D eigenvalue weighted by atomic mass is 16.5. The number of carbonyl (C=O) groups is 1. The molecule has 0 unspecified atom stereocenters. The van der Waals surface area contributed by atoms with Gasteiger partial charge in [0, 0.05) is 11.6 Å². The highest BCUT2D eigenvalue weighted by Gasteiger charge is 2.26. The van der Waals surface area contributed by atoms with Crippen LogP contribution >= 0.6 is 0 Å². The van der Waals surface area contributed by atoms with Crippen LogP contribution in [0.4, 0.5) is 4.79 Å². The summed E-state index contributed by atoms with van der Waals surface area (Å²) in [7, 11) is 1.62. The third-order valence-corrected chi connectivity index (χ3v) is 3.63. The van der Waals surface area contributed by atoms with E-state index in [2.05, 4.69) is 5.32 Å². The van der Waals surface area contributed by atoms with Crippen LogP contribution in [0.1, 0.15) is 51.8 Å². The average Bonchev–Trinajstić information content (AvgIpc) is 2.43. The molecule has 1 aromatic carbocycles. The summed E-state index contributed by atoms with van der Waals surface area (Å²) >= 11 is 0. The van der Waals surface area contributed by atoms with E-state index in [1.165, 1.54) is 0 Å². The smallest absolute Gasteiger partial charge is 0.318 e. The zero-order valence-corrected chi connectivity index (χ0v) is 15.3. The molecule has 0 fully saturated rings. The minimum atomic E-state index is -0.939. The zero-order chi connectivity index (χ0) is 17.8. The van der Waals surface area contributed by atoms with E-state index < -0.39 is 5.60 Å². The molecular weight excluding hydrogens is 292 g/mol. The summed E-state index contributed by atoms with van der Waals surface area (Å²) in [6.45, 7) is 11.5. The van der Waals surface area contributed by atoms with Gasteiger partial charge in [0.2, 0.25) is 0 Å². The number of rotatable bonds is 6. The van der Waals surface area contributed by atoms with Crippen LogP contribution in [0.25, 0.3) is 0 Å². The molecule has 2 amide bonds. The first-order valence-corrected chi connectivity index (χ1v) is 7.99. The molecule has 5 heteroatoms. The average molecular weight is 322 g/mol. The van der Waals surface area contributed by atoms with Crippen LogP contribution in [0.5, 0.6) is 5.75 Å². The van der Waals surface area contributed by atoms with Crippen molar-refractivity contribution in [3.63, 3.8) is 0 Å². The molecule has 1 rings (SSSR count). The normalized spacial score (nSPS) is 12.9. The van der Waals surface area contributed by atoms with Crippen LogP contribution in [-0.2, 0) is 0 Å². The number of amides is 2. The number of nitrogens with one attached hydrogen (secondary N) is 1. The number of nitrogens with zero attached hydrogens (tertiary/aromatic N) is 1. The second-order valence-electron chi connectivity index (χ2n) is 6.95. The summed E-state index contributed by atoms with van der Waals surface area (Å²) in [5.74, 6) is 0.752. The first-order valence-electron chi connectivity index (χ1n) is 7.99. The van der Waals surface area contributed by atoms with E-state index in [0.29, 0.717) is 0 Å². The molecule has 0 bridgehead atoms. The lowest BCUT2D eigenvalue weighted by Crippen LogP contribution is -2.50. The van der Waals surface area contributed by atoms with Crippen molar-refractivity contribution in [2.75, 3.05) is 13.7 Å². The van der Waals surface area contributed by atoms with Gasteiger partial charge in [-0.1, -0.05) is 17.7 Å². The van der Waals surface area contributed by atoms with Crippen molar-refractivity contribution in [1.82, 2.24) is 10.2 Å². The summed E-state index contributed by atoms with van der Waals surface area (Å²) in [6.07, 6.45) is 0. The van der Waals surface area contributed by atoms with E-state index in [1.807, 2.05) is 45.9 Å². The molecule has 0 radical (unpaired) electrons. The quantitative estimate of drug-likeness (QED) is 0.845. The van der Waals surface area contributed by atoms with Gasteiger partial charge in [0.05, 0.1) is 25.3 Å². The van der Waals surface area contributed by atoms with Gasteiger partial charge in [-0.15, -0.1) is 0 Å². The third kappa shape index (κ3) is 5.75. The summed E-state index contributed by atoms with van der Waals surface area (Å²) in [4.78, 5) is 14.2. The van der Waals surface area contributed by atoms with Crippen molar-refractivity contribution in [2.45, 2.75) is 59.2 Å². The van der Waals surface area contributed by atoms with E-state index in [9.17, 15) is 9.90 Å². The Kier molecular flexibility index (Phi) is 6.45. The predicted octanol–water partition coefficient (Wildman–Crippen LogP) is 3.26. The summed E-state index contributed by atoms with van der Waals surface area (Å²) in [5, 5.41) is 13.0. The van der Waals surface area contributed by atoms with E-state index in [1.54, 1.807) is 25.9 Å². The fraction of sp³-hybridized carbons (Fsp3) is 0.611. The lowest BCUT2D eigenvalue weighted by Gasteiger charge is -2.33. The molecule has 130 valence electrons. The molecular formula is C18H30N2O3. The highest BCUT2D eigenvalue weighted by molar-refractivity contribution is 5.75. The van der Waals surface area contributed by atoms with Gasteiger partial charge in [0.25, 0.3) is 0 Å². The first-order chi connectivity index (χ1) is 10.5. The van der Waals surface area contributed by atoms with Gasteiger partial charge < -0.3 is 20.1 Å². The van der Waals surface area contributed by atoms with Crippen molar-refractivity contribution in [2.24, 2.45) is 0 Å². The number of aliphatic hydroxyl groups is 1. The maximum atomic E-state index is 12.6. The third-order valence-electron chi connectivity index (χ3n) is 3.63. The van der Waals surface area contributed by atoms with E-state index in [0.717, 1.165) is 16.9 Å². The van der Waals surface area contributed by atoms with Crippen molar-refractivity contribution in [3.8, 4) is 5.75 Å². The van der Waals surface area contributed by atoms with Gasteiger partial charge in [0.1, 0.15) is 5.75 Å². The molecule has 0 saturated heterocycles. The van der Waals surface area contributed by atoms with Crippen LogP contribution in [-0.4, -0.2) is 41.3 Å². The standard InChI is InChI=1S/C18H30N2O3/c1-12(2)20(11-18(5,6)22)17(21)19-14(4)15-10-13(3)8-9-16(15)23-7/h8-10,12,14,22H,11H2,1-7H3,(H,19,21)/t14-/m1/s1. The molecule has 0 aliphatic carbocycles. The molecule has 0 aliphatic heterocycles. The number of hydrogen-bond acceptors (Lipinski definition) is 3. The predicted molar refractivity (Wildman–Crippen MR) is 92.8 cm³/mol. The second-order valence-corrected chi connectivity index (χ2v) is 6.95. The number of methoxy groups -OCH3 is 1. The molecule has 0 saturated carbocycles. The highest BCUT2D eigenvalue weighted by Crippen LogP contribution is 2.26. The van der Waals surface area contributed by atoms with Crippen LogP contribution in [0, 0.1) is 6.92 Å². The van der Waals surface area contributed by atoms with E-state index in [4.69, 9.17) is 4.74 Å². The van der Waals surface area contributed by atoms with Crippen molar-refractivity contribution >= 4 is 6.03 Å². The molecule has 0 aromatic heterocycles. The van der Waals surface area contributed by atoms with Crippen molar-refractivity contribution < 1.29 is 14.6 Å². The lowest BCUT2D eigenvalue weighted by molar-refractivity contribution is 0.0383. The summed E-state index contributed by atoms with van der Waals surface area (Å²) in [5.41, 5.74) is 1.11. The first kappa shape index (κ1) is 19.3. The molecule has 23 heavy (non-hydrogen) atoms. The van der Waals surface area contributed by atoms with Gasteiger partial charge >= 0.3 is 6.03 Å². The largest absolute Gasteiger partial charge is 0.496 e. The Morgan fingerprint density at radius 3 is 2.43 bits per heavy atom. The topological polar surface area (TPSA) is 61.8 Å². The number of aryl methyl sites for hydroxylation is 1. The minimum absolute atomic E-state index is 0.00645. The van der Waals surface area contributed by atoms with Gasteiger partial charge in [-0.3, -0.25) is 0 Å². The summed E-state index contributed by atoms with van der Waals surface area (Å²) < 4.78 is 5.39. The van der Waals surface area contributed by atoms with Crippen molar-refractivity contribution in [3.05, 3.63) is 29.3 Å². The van der Waals surface area contributed by atoms with Gasteiger partial charge in [-0.2, -0.15) is 0 Å². The van der Waals surface area contributed by atoms with Gasteiger partial charge in [-0.25, -0.2) is 4.79 Å². The summed E-state index contributed by atoms with van der Waals surface area (Å²) in [6, 6.07) is 5.50. The monoisotopic (exact) mass is 322 g/mol. The van der Waals surface area contributed by atoms with Crippen LogP contribution < -0.4 is 10.1 Å². The fourth-order valence-corrected chi connectivity index (χ4v) is 2.44. The number of carbonyl (C=O) groups excluding carboxylic acids is 1. The maximum absolute atomic E-state index is 12.6. The van der Waals surface area contributed by atoms with Crippen molar-refractivity contribution in [1.29, 1.82) is 0 Å². The Morgan fingerprint density at radius 1 is 1.35 bits per heavy atom. The maximum Gasteiger partial charge on any atom is 0.318 e. The molecule has 1 aromatic rings. The van der Waals surface area contributed by atoms with E-state index >= 15 is 0 Å². The Hall–Kier alpha value is -1.75. The molecule has 0 spiro atoms. The Labute approximate surface area is 139 Å². The SMILES string of the molecule is COc1ccc(C)cc1[C@@H](C)NC(=O)N(CC(C)(C)O)C(C)C.